The van der Waals surface area contributed by atoms with E-state index >= 15 is 0 Å². The fourth-order valence-electron chi connectivity index (χ4n) is 1.04. The van der Waals surface area contributed by atoms with Crippen LogP contribution in [0.15, 0.2) is 12.1 Å². The van der Waals surface area contributed by atoms with Gasteiger partial charge in [-0.1, -0.05) is 13.8 Å². The molecule has 0 aliphatic carbocycles. The highest BCUT2D eigenvalue weighted by molar-refractivity contribution is 7.98. The fourth-order valence-corrected chi connectivity index (χ4v) is 3.12. The van der Waals surface area contributed by atoms with Crippen molar-refractivity contribution in [3.63, 3.8) is 0 Å². The molecule has 0 aromatic carbocycles. The Hall–Kier alpha value is -0.520. The number of rotatable bonds is 5. The van der Waals surface area contributed by atoms with Crippen LogP contribution in [0, 0.1) is 5.92 Å². The van der Waals surface area contributed by atoms with E-state index < -0.39 is 0 Å². The van der Waals surface area contributed by atoms with Crippen molar-refractivity contribution in [2.24, 2.45) is 11.8 Å². The number of nitrogens with one attached hydrogen (secondary N) is 1. The zero-order valence-corrected chi connectivity index (χ0v) is 10.6. The predicted molar refractivity (Wildman–Crippen MR) is 67.0 cm³/mol. The van der Waals surface area contributed by atoms with Gasteiger partial charge in [0.15, 0.2) is 0 Å². The van der Waals surface area contributed by atoms with Gasteiger partial charge in [0.1, 0.15) is 0 Å². The molecular weight excluding hydrogens is 228 g/mol. The zero-order chi connectivity index (χ0) is 11.3. The first-order valence-corrected chi connectivity index (χ1v) is 6.78. The number of hydrazine groups is 1. The van der Waals surface area contributed by atoms with Gasteiger partial charge >= 0.3 is 0 Å². The Kier molecular flexibility index (Phi) is 5.14. The molecule has 0 atom stereocenters. The molecule has 84 valence electrons. The zero-order valence-electron chi connectivity index (χ0n) is 8.95. The summed E-state index contributed by atoms with van der Waals surface area (Å²) in [6, 6.07) is 3.81. The van der Waals surface area contributed by atoms with Crippen LogP contribution in [0.5, 0.6) is 0 Å². The number of nitrogen functional groups attached to an aromatic ring is 1. The molecular formula is C10H16N2OS2. The molecule has 1 rings (SSSR count). The molecule has 3 N–H and O–H groups in total. The summed E-state index contributed by atoms with van der Waals surface area (Å²) in [5, 5.41) is 0. The normalized spacial score (nSPS) is 10.7. The summed E-state index contributed by atoms with van der Waals surface area (Å²) < 4.78 is 0. The van der Waals surface area contributed by atoms with Gasteiger partial charge in [0.25, 0.3) is 5.91 Å². The SMILES string of the molecule is CC(C)CSCc1ccc(C(=O)NN)s1. The maximum absolute atomic E-state index is 11.2. The lowest BCUT2D eigenvalue weighted by molar-refractivity contribution is 0.0957. The molecule has 0 saturated carbocycles. The van der Waals surface area contributed by atoms with Crippen molar-refractivity contribution in [3.8, 4) is 0 Å². The van der Waals surface area contributed by atoms with Crippen LogP contribution in [0.3, 0.4) is 0 Å². The van der Waals surface area contributed by atoms with E-state index in [0.717, 1.165) is 11.5 Å². The molecule has 0 saturated heterocycles. The number of hydrogen-bond donors (Lipinski definition) is 2. The second kappa shape index (κ2) is 6.15. The van der Waals surface area contributed by atoms with E-state index in [1.54, 1.807) is 0 Å². The number of thioether (sulfide) groups is 1. The monoisotopic (exact) mass is 244 g/mol. The molecule has 0 bridgehead atoms. The second-order valence-corrected chi connectivity index (χ2v) is 5.85. The third-order valence-electron chi connectivity index (χ3n) is 1.71. The van der Waals surface area contributed by atoms with Crippen LogP contribution in [0.2, 0.25) is 0 Å². The average Bonchev–Trinajstić information content (AvgIpc) is 2.65. The van der Waals surface area contributed by atoms with E-state index in [2.05, 4.69) is 19.3 Å². The molecule has 1 amide bonds. The topological polar surface area (TPSA) is 55.1 Å². The van der Waals surface area contributed by atoms with Crippen molar-refractivity contribution in [1.29, 1.82) is 0 Å². The van der Waals surface area contributed by atoms with Crippen molar-refractivity contribution in [2.45, 2.75) is 19.6 Å². The second-order valence-electron chi connectivity index (χ2n) is 3.65. The molecule has 1 heterocycles. The van der Waals surface area contributed by atoms with Gasteiger partial charge in [-0.05, 0) is 23.8 Å². The largest absolute Gasteiger partial charge is 0.289 e. The number of carbonyl (C=O) groups is 1. The molecule has 3 nitrogen and oxygen atoms in total. The standard InChI is InChI=1S/C10H16N2OS2/c1-7(2)5-14-6-8-3-4-9(15-8)10(13)12-11/h3-4,7H,5-6,11H2,1-2H3,(H,12,13). The van der Waals surface area contributed by atoms with Crippen molar-refractivity contribution in [3.05, 3.63) is 21.9 Å². The number of thiophene rings is 1. The minimum atomic E-state index is -0.208. The van der Waals surface area contributed by atoms with E-state index in [1.807, 2.05) is 23.9 Å². The van der Waals surface area contributed by atoms with Crippen molar-refractivity contribution >= 4 is 29.0 Å². The Morgan fingerprint density at radius 2 is 2.33 bits per heavy atom. The van der Waals surface area contributed by atoms with E-state index in [-0.39, 0.29) is 5.91 Å². The van der Waals surface area contributed by atoms with Crippen LogP contribution in [-0.4, -0.2) is 11.7 Å². The highest BCUT2D eigenvalue weighted by Gasteiger charge is 2.07. The van der Waals surface area contributed by atoms with Gasteiger partial charge < -0.3 is 0 Å². The van der Waals surface area contributed by atoms with Crippen molar-refractivity contribution in [1.82, 2.24) is 5.43 Å². The first kappa shape index (κ1) is 12.5. The van der Waals surface area contributed by atoms with Gasteiger partial charge in [0, 0.05) is 10.6 Å². The first-order chi connectivity index (χ1) is 7.13. The Morgan fingerprint density at radius 3 is 2.93 bits per heavy atom. The van der Waals surface area contributed by atoms with E-state index in [1.165, 1.54) is 16.2 Å². The molecule has 0 spiro atoms. The highest BCUT2D eigenvalue weighted by Crippen LogP contribution is 2.22. The number of carbonyl (C=O) groups excluding carboxylic acids is 1. The van der Waals surface area contributed by atoms with Gasteiger partial charge in [-0.2, -0.15) is 11.8 Å². The summed E-state index contributed by atoms with van der Waals surface area (Å²) in [6.07, 6.45) is 0. The lowest BCUT2D eigenvalue weighted by Crippen LogP contribution is -2.29. The van der Waals surface area contributed by atoms with Crippen LogP contribution in [0.25, 0.3) is 0 Å². The van der Waals surface area contributed by atoms with Crippen LogP contribution in [0.4, 0.5) is 0 Å². The van der Waals surface area contributed by atoms with Gasteiger partial charge in [-0.15, -0.1) is 11.3 Å². The molecule has 0 radical (unpaired) electrons. The highest BCUT2D eigenvalue weighted by atomic mass is 32.2. The summed E-state index contributed by atoms with van der Waals surface area (Å²) in [6.45, 7) is 4.41. The number of nitrogens with two attached hydrogens (primary N) is 1. The summed E-state index contributed by atoms with van der Waals surface area (Å²) in [5.74, 6) is 7.68. The van der Waals surface area contributed by atoms with E-state index in [9.17, 15) is 4.79 Å². The number of hydrogen-bond acceptors (Lipinski definition) is 4. The van der Waals surface area contributed by atoms with Gasteiger partial charge in [0.05, 0.1) is 4.88 Å². The van der Waals surface area contributed by atoms with Gasteiger partial charge in [0.2, 0.25) is 0 Å². The Balaban J connectivity index is 2.43. The maximum Gasteiger partial charge on any atom is 0.275 e. The molecule has 0 fully saturated rings. The summed E-state index contributed by atoms with van der Waals surface area (Å²) in [7, 11) is 0. The van der Waals surface area contributed by atoms with Crippen molar-refractivity contribution < 1.29 is 4.79 Å². The molecule has 15 heavy (non-hydrogen) atoms. The Bertz CT molecular complexity index is 323. The summed E-state index contributed by atoms with van der Waals surface area (Å²) >= 11 is 3.40. The summed E-state index contributed by atoms with van der Waals surface area (Å²) in [5.41, 5.74) is 2.13. The van der Waals surface area contributed by atoms with Crippen LogP contribution >= 0.6 is 23.1 Å². The Labute approximate surface area is 98.4 Å². The smallest absolute Gasteiger partial charge is 0.275 e. The minimum Gasteiger partial charge on any atom is -0.289 e. The minimum absolute atomic E-state index is 0.208. The molecule has 0 aliphatic rings. The lowest BCUT2D eigenvalue weighted by Gasteiger charge is -2.02. The average molecular weight is 244 g/mol. The van der Waals surface area contributed by atoms with Crippen LogP contribution < -0.4 is 11.3 Å². The van der Waals surface area contributed by atoms with E-state index in [0.29, 0.717) is 10.8 Å². The maximum atomic E-state index is 11.2. The third-order valence-corrected chi connectivity index (χ3v) is 4.40. The van der Waals surface area contributed by atoms with E-state index in [4.69, 9.17) is 5.84 Å². The molecule has 1 aromatic rings. The van der Waals surface area contributed by atoms with Crippen LogP contribution in [0.1, 0.15) is 28.4 Å². The fraction of sp³-hybridized carbons (Fsp3) is 0.500. The Morgan fingerprint density at radius 1 is 1.60 bits per heavy atom. The summed E-state index contributed by atoms with van der Waals surface area (Å²) in [4.78, 5) is 13.1. The van der Waals surface area contributed by atoms with Crippen molar-refractivity contribution in [2.75, 3.05) is 5.75 Å². The predicted octanol–water partition coefficient (Wildman–Crippen LogP) is 2.24. The molecule has 1 aromatic heterocycles. The number of amides is 1. The first-order valence-electron chi connectivity index (χ1n) is 4.81. The lowest BCUT2D eigenvalue weighted by atomic mass is 10.3. The third kappa shape index (κ3) is 4.24. The quantitative estimate of drug-likeness (QED) is 0.474. The van der Waals surface area contributed by atoms with Gasteiger partial charge in [-0.3, -0.25) is 10.2 Å². The van der Waals surface area contributed by atoms with Gasteiger partial charge in [-0.25, -0.2) is 5.84 Å². The molecule has 5 heteroatoms. The molecule has 0 unspecified atom stereocenters. The van der Waals surface area contributed by atoms with Crippen LogP contribution in [-0.2, 0) is 5.75 Å². The molecule has 0 aliphatic heterocycles.